The van der Waals surface area contributed by atoms with Crippen LogP contribution in [0, 0.1) is 11.6 Å². The highest BCUT2D eigenvalue weighted by Crippen LogP contribution is 2.21. The van der Waals surface area contributed by atoms with Crippen LogP contribution in [-0.2, 0) is 13.6 Å². The number of fused-ring (bicyclic) bond motifs is 1. The number of nitrogens with zero attached hydrogens (tertiary/aromatic N) is 5. The fraction of sp³-hybridized carbons (Fsp3) is 0.400. The summed E-state index contributed by atoms with van der Waals surface area (Å²) in [7, 11) is 1.97. The summed E-state index contributed by atoms with van der Waals surface area (Å²) in [5, 5.41) is 2.51. The van der Waals surface area contributed by atoms with Gasteiger partial charge in [0, 0.05) is 57.9 Å². The average molecular weight is 483 g/mol. The molecular formula is C25H28F2N6O2. The van der Waals surface area contributed by atoms with E-state index in [0.717, 1.165) is 54.9 Å². The second-order valence-corrected chi connectivity index (χ2v) is 9.11. The molecule has 3 amide bonds. The van der Waals surface area contributed by atoms with Crippen LogP contribution in [0.2, 0.25) is 0 Å². The molecule has 184 valence electrons. The standard InChI is InChI=1S/C25H28F2N6O2/c1-30-22-7-4-17(24(34)32-8-2-3-9-32)14-21(22)28-23(30)16-31-10-12-33(13-11-31)25(35)29-20-6-5-18(26)15-19(20)27/h4-7,14-15H,2-3,8-13,16H2,1H3,(H,29,35). The molecule has 1 N–H and O–H groups in total. The molecule has 2 aromatic carbocycles. The summed E-state index contributed by atoms with van der Waals surface area (Å²) in [6.07, 6.45) is 2.11. The number of likely N-dealkylation sites (tertiary alicyclic amines) is 1. The zero-order valence-corrected chi connectivity index (χ0v) is 19.6. The summed E-state index contributed by atoms with van der Waals surface area (Å²) in [6, 6.07) is 8.36. The molecule has 0 radical (unpaired) electrons. The monoisotopic (exact) mass is 482 g/mol. The second kappa shape index (κ2) is 9.61. The Balaban J connectivity index is 1.20. The first kappa shape index (κ1) is 23.2. The van der Waals surface area contributed by atoms with Gasteiger partial charge in [-0.15, -0.1) is 0 Å². The highest BCUT2D eigenvalue weighted by atomic mass is 19.1. The molecule has 1 aromatic heterocycles. The van der Waals surface area contributed by atoms with Crippen molar-refractivity contribution in [1.82, 2.24) is 24.3 Å². The fourth-order valence-corrected chi connectivity index (χ4v) is 4.72. The maximum atomic E-state index is 13.8. The van der Waals surface area contributed by atoms with Crippen LogP contribution >= 0.6 is 0 Å². The summed E-state index contributed by atoms with van der Waals surface area (Å²) < 4.78 is 29.0. The van der Waals surface area contributed by atoms with E-state index in [1.54, 1.807) is 4.90 Å². The Bertz CT molecular complexity index is 1260. The van der Waals surface area contributed by atoms with Gasteiger partial charge in [0.25, 0.3) is 5.91 Å². The van der Waals surface area contributed by atoms with Crippen LogP contribution in [0.5, 0.6) is 0 Å². The van der Waals surface area contributed by atoms with Crippen molar-refractivity contribution in [3.8, 4) is 0 Å². The molecule has 0 atom stereocenters. The second-order valence-electron chi connectivity index (χ2n) is 9.11. The first-order valence-corrected chi connectivity index (χ1v) is 11.9. The number of aryl methyl sites for hydroxylation is 1. The minimum atomic E-state index is -0.802. The molecule has 2 fully saturated rings. The molecule has 0 spiro atoms. The average Bonchev–Trinajstić information content (AvgIpc) is 3.49. The number of hydrogen-bond donors (Lipinski definition) is 1. The minimum absolute atomic E-state index is 0.0406. The fourth-order valence-electron chi connectivity index (χ4n) is 4.72. The van der Waals surface area contributed by atoms with Crippen molar-refractivity contribution < 1.29 is 18.4 Å². The predicted molar refractivity (Wildman–Crippen MR) is 128 cm³/mol. The molecule has 0 bridgehead atoms. The van der Waals surface area contributed by atoms with E-state index in [-0.39, 0.29) is 11.6 Å². The Morgan fingerprint density at radius 3 is 2.40 bits per heavy atom. The molecule has 8 nitrogen and oxygen atoms in total. The molecule has 3 aromatic rings. The molecule has 2 aliphatic rings. The van der Waals surface area contributed by atoms with Crippen molar-refractivity contribution in [3.63, 3.8) is 0 Å². The number of aromatic nitrogens is 2. The van der Waals surface area contributed by atoms with Gasteiger partial charge >= 0.3 is 6.03 Å². The summed E-state index contributed by atoms with van der Waals surface area (Å²) >= 11 is 0. The molecule has 5 rings (SSSR count). The van der Waals surface area contributed by atoms with Crippen LogP contribution in [0.25, 0.3) is 11.0 Å². The van der Waals surface area contributed by atoms with Crippen molar-refractivity contribution in [3.05, 3.63) is 59.4 Å². The molecule has 2 aliphatic heterocycles. The number of rotatable bonds is 4. The first-order chi connectivity index (χ1) is 16.9. The smallest absolute Gasteiger partial charge is 0.322 e. The lowest BCUT2D eigenvalue weighted by molar-refractivity contribution is 0.0793. The van der Waals surface area contributed by atoms with Crippen molar-refractivity contribution in [2.75, 3.05) is 44.6 Å². The number of amides is 3. The summed E-state index contributed by atoms with van der Waals surface area (Å²) in [4.78, 5) is 35.8. The molecule has 35 heavy (non-hydrogen) atoms. The molecule has 10 heteroatoms. The Labute approximate surface area is 202 Å². The predicted octanol–water partition coefficient (Wildman–Crippen LogP) is 3.44. The third-order valence-corrected chi connectivity index (χ3v) is 6.81. The maximum absolute atomic E-state index is 13.8. The summed E-state index contributed by atoms with van der Waals surface area (Å²) in [5.41, 5.74) is 2.39. The number of hydrogen-bond acceptors (Lipinski definition) is 4. The molecular weight excluding hydrogens is 454 g/mol. The van der Waals surface area contributed by atoms with Crippen molar-refractivity contribution >= 4 is 28.7 Å². The van der Waals surface area contributed by atoms with Crippen LogP contribution in [0.3, 0.4) is 0 Å². The lowest BCUT2D eigenvalue weighted by atomic mass is 10.2. The zero-order valence-electron chi connectivity index (χ0n) is 19.6. The molecule has 0 unspecified atom stereocenters. The number of piperazine rings is 1. The number of carbonyl (C=O) groups is 2. The molecule has 0 aliphatic carbocycles. The quantitative estimate of drug-likeness (QED) is 0.619. The summed E-state index contributed by atoms with van der Waals surface area (Å²) in [6.45, 7) is 4.48. The van der Waals surface area contributed by atoms with Gasteiger partial charge in [0.2, 0.25) is 0 Å². The lowest BCUT2D eigenvalue weighted by Crippen LogP contribution is -2.49. The lowest BCUT2D eigenvalue weighted by Gasteiger charge is -2.34. The van der Waals surface area contributed by atoms with E-state index in [0.29, 0.717) is 38.3 Å². The number of halogens is 2. The first-order valence-electron chi connectivity index (χ1n) is 11.9. The van der Waals surface area contributed by atoms with E-state index >= 15 is 0 Å². The highest BCUT2D eigenvalue weighted by molar-refractivity contribution is 5.97. The zero-order chi connectivity index (χ0) is 24.5. The maximum Gasteiger partial charge on any atom is 0.322 e. The van der Waals surface area contributed by atoms with E-state index in [4.69, 9.17) is 4.98 Å². The van der Waals surface area contributed by atoms with Gasteiger partial charge in [0.1, 0.15) is 17.5 Å². The van der Waals surface area contributed by atoms with Crippen molar-refractivity contribution in [2.45, 2.75) is 19.4 Å². The van der Waals surface area contributed by atoms with E-state index < -0.39 is 17.7 Å². The van der Waals surface area contributed by atoms with Gasteiger partial charge in [-0.05, 0) is 43.2 Å². The number of urea groups is 1. The van der Waals surface area contributed by atoms with E-state index in [1.807, 2.05) is 34.7 Å². The molecule has 3 heterocycles. The van der Waals surface area contributed by atoms with Crippen LogP contribution in [0.4, 0.5) is 19.3 Å². The van der Waals surface area contributed by atoms with Crippen LogP contribution in [0.15, 0.2) is 36.4 Å². The third kappa shape index (κ3) is 4.84. The number of imidazole rings is 1. The molecule has 0 saturated carbocycles. The van der Waals surface area contributed by atoms with Gasteiger partial charge in [0.15, 0.2) is 0 Å². The Hall–Kier alpha value is -3.53. The van der Waals surface area contributed by atoms with Gasteiger partial charge in [-0.1, -0.05) is 0 Å². The Morgan fingerprint density at radius 1 is 0.943 bits per heavy atom. The van der Waals surface area contributed by atoms with Gasteiger partial charge in [-0.25, -0.2) is 18.6 Å². The van der Waals surface area contributed by atoms with E-state index in [1.165, 1.54) is 6.07 Å². The van der Waals surface area contributed by atoms with E-state index in [9.17, 15) is 18.4 Å². The van der Waals surface area contributed by atoms with Gasteiger partial charge < -0.3 is 19.7 Å². The normalized spacial score (nSPS) is 16.8. The Kier molecular flexibility index (Phi) is 6.38. The molecule has 2 saturated heterocycles. The van der Waals surface area contributed by atoms with Crippen LogP contribution in [-0.4, -0.2) is 75.5 Å². The number of carbonyl (C=O) groups excluding carboxylic acids is 2. The van der Waals surface area contributed by atoms with Gasteiger partial charge in [-0.3, -0.25) is 9.69 Å². The summed E-state index contributed by atoms with van der Waals surface area (Å²) in [5.74, 6) is -0.543. The SMILES string of the molecule is Cn1c(CN2CCN(C(=O)Nc3ccc(F)cc3F)CC2)nc2cc(C(=O)N3CCCC3)ccc21. The topological polar surface area (TPSA) is 73.7 Å². The number of benzene rings is 2. The van der Waals surface area contributed by atoms with Crippen LogP contribution < -0.4 is 5.32 Å². The number of nitrogens with one attached hydrogen (secondary N) is 1. The largest absolute Gasteiger partial charge is 0.339 e. The third-order valence-electron chi connectivity index (χ3n) is 6.81. The van der Waals surface area contributed by atoms with E-state index in [2.05, 4.69) is 10.2 Å². The number of anilines is 1. The van der Waals surface area contributed by atoms with Crippen LogP contribution in [0.1, 0.15) is 29.0 Å². The van der Waals surface area contributed by atoms with Gasteiger partial charge in [0.05, 0.1) is 23.3 Å². The Morgan fingerprint density at radius 2 is 1.69 bits per heavy atom. The highest BCUT2D eigenvalue weighted by Gasteiger charge is 2.24. The van der Waals surface area contributed by atoms with Crippen molar-refractivity contribution in [1.29, 1.82) is 0 Å². The minimum Gasteiger partial charge on any atom is -0.339 e. The van der Waals surface area contributed by atoms with Crippen molar-refractivity contribution in [2.24, 2.45) is 7.05 Å². The van der Waals surface area contributed by atoms with Gasteiger partial charge in [-0.2, -0.15) is 0 Å².